The summed E-state index contributed by atoms with van der Waals surface area (Å²) in [4.78, 5) is 18.2. The number of halogens is 1. The molecule has 1 saturated heterocycles. The zero-order valence-electron chi connectivity index (χ0n) is 15.6. The summed E-state index contributed by atoms with van der Waals surface area (Å²) >= 11 is 0. The number of carbonyl (C=O) groups is 1. The van der Waals surface area contributed by atoms with E-state index in [2.05, 4.69) is 9.88 Å². The van der Waals surface area contributed by atoms with E-state index >= 15 is 0 Å². The maximum atomic E-state index is 14.3. The van der Waals surface area contributed by atoms with Crippen molar-refractivity contribution in [3.05, 3.63) is 35.8 Å². The van der Waals surface area contributed by atoms with Gasteiger partial charge in [-0.1, -0.05) is 20.4 Å². The molecule has 2 fully saturated rings. The van der Waals surface area contributed by atoms with Crippen molar-refractivity contribution >= 4 is 16.8 Å². The number of hydrogen-bond acceptors (Lipinski definition) is 2. The van der Waals surface area contributed by atoms with E-state index < -0.39 is 0 Å². The van der Waals surface area contributed by atoms with Gasteiger partial charge in [0.25, 0.3) is 0 Å². The van der Waals surface area contributed by atoms with Crippen molar-refractivity contribution in [2.24, 2.45) is 0 Å². The number of rotatable bonds is 4. The van der Waals surface area contributed by atoms with E-state index in [0.717, 1.165) is 49.7 Å². The number of amides is 1. The van der Waals surface area contributed by atoms with Gasteiger partial charge < -0.3 is 14.6 Å². The minimum atomic E-state index is -0.229. The number of fused-ring (bicyclic) bond motifs is 3. The molecule has 1 aliphatic heterocycles. The Labute approximate surface area is 161 Å². The minimum absolute atomic E-state index is 0. The van der Waals surface area contributed by atoms with Crippen LogP contribution in [0.2, 0.25) is 0 Å². The average Bonchev–Trinajstić information content (AvgIpc) is 3.07. The molecule has 1 N–H and O–H groups in total. The monoisotopic (exact) mass is 374 g/mol. The number of ether oxygens (including phenoxy) is 1. The first kappa shape index (κ1) is 19.9. The second-order valence-corrected chi connectivity index (χ2v) is 7.99. The predicted molar refractivity (Wildman–Crippen MR) is 106 cm³/mol. The molecule has 4 rings (SSSR count). The fourth-order valence-electron chi connectivity index (χ4n) is 4.95. The molecule has 5 heteroatoms. The number of benzene rings is 1. The fraction of sp³-hybridized carbons (Fsp3) is 0.591. The van der Waals surface area contributed by atoms with Gasteiger partial charge in [0.1, 0.15) is 5.82 Å². The predicted octanol–water partition coefficient (Wildman–Crippen LogP) is 5.00. The number of nitrogens with zero attached hydrogens (tertiary/aromatic N) is 1. The molecule has 1 aliphatic carbocycles. The summed E-state index contributed by atoms with van der Waals surface area (Å²) in [6, 6.07) is 5.34. The van der Waals surface area contributed by atoms with Crippen LogP contribution in [0.4, 0.5) is 4.39 Å². The Bertz CT molecular complexity index is 818. The Kier molecular flexibility index (Phi) is 5.61. The van der Waals surface area contributed by atoms with E-state index in [1.807, 2.05) is 19.2 Å². The van der Waals surface area contributed by atoms with E-state index in [0.29, 0.717) is 11.8 Å². The number of aromatic nitrogens is 1. The Hall–Kier alpha value is -1.88. The summed E-state index contributed by atoms with van der Waals surface area (Å²) < 4.78 is 20.0. The molecule has 4 nitrogen and oxygen atoms in total. The maximum absolute atomic E-state index is 14.3. The molecule has 0 spiro atoms. The molecule has 2 heterocycles. The second-order valence-electron chi connectivity index (χ2n) is 7.99. The fourth-order valence-corrected chi connectivity index (χ4v) is 4.95. The highest BCUT2D eigenvalue weighted by atomic mass is 19.1. The van der Waals surface area contributed by atoms with Gasteiger partial charge in [0.2, 0.25) is 5.91 Å². The lowest BCUT2D eigenvalue weighted by Crippen LogP contribution is -2.55. The lowest BCUT2D eigenvalue weighted by Gasteiger charge is -2.49. The van der Waals surface area contributed by atoms with Crippen LogP contribution in [-0.4, -0.2) is 41.1 Å². The molecule has 2 bridgehead atoms. The van der Waals surface area contributed by atoms with Gasteiger partial charge in [-0.05, 0) is 55.7 Å². The SMILES string of the molecule is C.COC12CCCC(C1)N(C(=O)CC(C)c1c[nH]c3cccc(F)c13)CC2. The zero-order valence-corrected chi connectivity index (χ0v) is 15.6. The molecular weight excluding hydrogens is 343 g/mol. The van der Waals surface area contributed by atoms with Crippen LogP contribution in [-0.2, 0) is 9.53 Å². The molecule has 27 heavy (non-hydrogen) atoms. The molecule has 0 radical (unpaired) electrons. The Morgan fingerprint density at radius 3 is 3.04 bits per heavy atom. The van der Waals surface area contributed by atoms with Crippen molar-refractivity contribution in [3.8, 4) is 0 Å². The molecule has 3 unspecified atom stereocenters. The van der Waals surface area contributed by atoms with Gasteiger partial charge in [-0.25, -0.2) is 4.39 Å². The van der Waals surface area contributed by atoms with Crippen LogP contribution in [0, 0.1) is 5.82 Å². The highest BCUT2D eigenvalue weighted by Crippen LogP contribution is 2.41. The maximum Gasteiger partial charge on any atom is 0.223 e. The van der Waals surface area contributed by atoms with E-state index in [4.69, 9.17) is 4.74 Å². The number of methoxy groups -OCH3 is 1. The van der Waals surface area contributed by atoms with Crippen LogP contribution in [0.3, 0.4) is 0 Å². The van der Waals surface area contributed by atoms with E-state index in [-0.39, 0.29) is 36.7 Å². The molecule has 1 aromatic carbocycles. The largest absolute Gasteiger partial charge is 0.378 e. The van der Waals surface area contributed by atoms with E-state index in [9.17, 15) is 9.18 Å². The number of nitrogens with one attached hydrogen (secondary N) is 1. The normalized spacial score (nSPS) is 25.9. The third-order valence-electron chi connectivity index (χ3n) is 6.48. The summed E-state index contributed by atoms with van der Waals surface area (Å²) in [5.41, 5.74) is 1.65. The molecule has 148 valence electrons. The van der Waals surface area contributed by atoms with Crippen LogP contribution in [0.5, 0.6) is 0 Å². The number of H-pyrrole nitrogens is 1. The number of likely N-dealkylation sites (tertiary alicyclic amines) is 1. The van der Waals surface area contributed by atoms with Gasteiger partial charge in [0.05, 0.1) is 5.60 Å². The average molecular weight is 375 g/mol. The van der Waals surface area contributed by atoms with Crippen LogP contribution < -0.4 is 0 Å². The van der Waals surface area contributed by atoms with Crippen LogP contribution in [0.15, 0.2) is 24.4 Å². The van der Waals surface area contributed by atoms with Crippen molar-refractivity contribution in [2.75, 3.05) is 13.7 Å². The Morgan fingerprint density at radius 1 is 1.44 bits per heavy atom. The lowest BCUT2D eigenvalue weighted by molar-refractivity contribution is -0.147. The van der Waals surface area contributed by atoms with E-state index in [1.54, 1.807) is 13.2 Å². The van der Waals surface area contributed by atoms with Gasteiger partial charge in [-0.2, -0.15) is 0 Å². The van der Waals surface area contributed by atoms with Gasteiger partial charge >= 0.3 is 0 Å². The van der Waals surface area contributed by atoms with Crippen LogP contribution in [0.25, 0.3) is 10.9 Å². The van der Waals surface area contributed by atoms with Gasteiger partial charge in [0, 0.05) is 43.2 Å². The molecule has 1 saturated carbocycles. The minimum Gasteiger partial charge on any atom is -0.378 e. The second kappa shape index (κ2) is 7.63. The van der Waals surface area contributed by atoms with Crippen LogP contribution >= 0.6 is 0 Å². The van der Waals surface area contributed by atoms with Crippen molar-refractivity contribution < 1.29 is 13.9 Å². The van der Waals surface area contributed by atoms with Crippen molar-refractivity contribution in [1.82, 2.24) is 9.88 Å². The summed E-state index contributed by atoms with van der Waals surface area (Å²) in [6.45, 7) is 2.78. The first-order valence-electron chi connectivity index (χ1n) is 9.63. The number of hydrogen-bond donors (Lipinski definition) is 1. The van der Waals surface area contributed by atoms with Crippen LogP contribution in [0.1, 0.15) is 64.4 Å². The number of aromatic amines is 1. The molecule has 1 aromatic heterocycles. The topological polar surface area (TPSA) is 45.3 Å². The highest BCUT2D eigenvalue weighted by molar-refractivity contribution is 5.85. The summed E-state index contributed by atoms with van der Waals surface area (Å²) in [6.07, 6.45) is 7.41. The quantitative estimate of drug-likeness (QED) is 0.819. The molecular formula is C22H31FN2O2. The summed E-state index contributed by atoms with van der Waals surface area (Å²) in [5, 5.41) is 0.613. The molecule has 2 aromatic rings. The molecule has 1 amide bonds. The van der Waals surface area contributed by atoms with Gasteiger partial charge in [0.15, 0.2) is 0 Å². The molecule has 3 atom stereocenters. The smallest absolute Gasteiger partial charge is 0.223 e. The third kappa shape index (κ3) is 3.49. The zero-order chi connectivity index (χ0) is 18.3. The standard InChI is InChI=1S/C21H27FN2O2.CH4/c1-14(16-13-23-18-7-3-6-17(22)20(16)18)11-19(25)24-10-9-21(26-2)8-4-5-15(24)12-21;/h3,6-7,13-15,23H,4-5,8-12H2,1-2H3;1H4. The van der Waals surface area contributed by atoms with Gasteiger partial charge in [-0.15, -0.1) is 0 Å². The summed E-state index contributed by atoms with van der Waals surface area (Å²) in [5.74, 6) is -0.0705. The first-order valence-corrected chi connectivity index (χ1v) is 9.63. The van der Waals surface area contributed by atoms with Crippen molar-refractivity contribution in [1.29, 1.82) is 0 Å². The Morgan fingerprint density at radius 2 is 2.26 bits per heavy atom. The third-order valence-corrected chi connectivity index (χ3v) is 6.48. The summed E-state index contributed by atoms with van der Waals surface area (Å²) in [7, 11) is 1.80. The number of piperidine rings is 1. The highest BCUT2D eigenvalue weighted by Gasteiger charge is 2.44. The van der Waals surface area contributed by atoms with E-state index in [1.165, 1.54) is 6.07 Å². The lowest BCUT2D eigenvalue weighted by atomic mass is 9.75. The van der Waals surface area contributed by atoms with Crippen molar-refractivity contribution in [3.63, 3.8) is 0 Å². The molecule has 2 aliphatic rings. The van der Waals surface area contributed by atoms with Crippen molar-refractivity contribution in [2.45, 2.75) is 70.4 Å². The van der Waals surface area contributed by atoms with Gasteiger partial charge in [-0.3, -0.25) is 4.79 Å². The number of carbonyl (C=O) groups excluding carboxylic acids is 1. The Balaban J connectivity index is 0.00000210. The first-order chi connectivity index (χ1) is 12.5.